The van der Waals surface area contributed by atoms with Crippen molar-refractivity contribution in [1.82, 2.24) is 0 Å². The Balaban J connectivity index is 1.47. The van der Waals surface area contributed by atoms with Gasteiger partial charge >= 0.3 is 5.97 Å². The van der Waals surface area contributed by atoms with Gasteiger partial charge in [-0.3, -0.25) is 0 Å². The summed E-state index contributed by atoms with van der Waals surface area (Å²) in [7, 11) is 0. The van der Waals surface area contributed by atoms with Crippen molar-refractivity contribution in [2.75, 3.05) is 0 Å². The number of esters is 1. The second-order valence-electron chi connectivity index (χ2n) is 7.90. The van der Waals surface area contributed by atoms with Gasteiger partial charge in [-0.15, -0.1) is 0 Å². The molecule has 4 rings (SSSR count). The van der Waals surface area contributed by atoms with Crippen LogP contribution in [0.15, 0.2) is 73.3 Å². The number of unbranched alkanes of at least 4 members (excludes halogenated alkanes) is 2. The lowest BCUT2D eigenvalue weighted by molar-refractivity contribution is -0.128. The van der Waals surface area contributed by atoms with Crippen molar-refractivity contribution in [1.29, 1.82) is 0 Å². The van der Waals surface area contributed by atoms with Crippen molar-refractivity contribution < 1.29 is 9.53 Å². The van der Waals surface area contributed by atoms with Crippen LogP contribution in [0.4, 0.5) is 0 Å². The molecule has 0 bridgehead atoms. The highest BCUT2D eigenvalue weighted by Gasteiger charge is 2.18. The Morgan fingerprint density at radius 2 is 1.61 bits per heavy atom. The summed E-state index contributed by atoms with van der Waals surface area (Å²) in [6, 6.07) is 20.6. The number of carbonyl (C=O) groups excluding carboxylic acids is 1. The quantitative estimate of drug-likeness (QED) is 0.120. The standard InChI is InChI=1S/C29H26O2/c1-3-5-6-7-22-12-16-27-24(18-22)20-25-19-23(13-17-28(25)27)9-8-21-10-14-26(15-11-21)31-29(30)4-2/h4,10-19H,2-3,5-7,20H2,1H3. The molecule has 0 saturated carbocycles. The third kappa shape index (κ3) is 4.95. The van der Waals surface area contributed by atoms with Crippen molar-refractivity contribution in [2.45, 2.75) is 39.0 Å². The number of carbonyl (C=O) groups is 1. The molecule has 3 aromatic rings. The molecule has 0 unspecified atom stereocenters. The maximum absolute atomic E-state index is 11.3. The summed E-state index contributed by atoms with van der Waals surface area (Å²) in [4.78, 5) is 11.3. The van der Waals surface area contributed by atoms with Gasteiger partial charge in [-0.1, -0.05) is 62.5 Å². The third-order valence-corrected chi connectivity index (χ3v) is 5.61. The Morgan fingerprint density at radius 1 is 0.935 bits per heavy atom. The monoisotopic (exact) mass is 406 g/mol. The van der Waals surface area contributed by atoms with E-state index >= 15 is 0 Å². The number of aryl methyl sites for hydroxylation is 1. The molecule has 0 N–H and O–H groups in total. The maximum Gasteiger partial charge on any atom is 0.335 e. The van der Waals surface area contributed by atoms with E-state index in [-0.39, 0.29) is 0 Å². The number of hydrogen-bond acceptors (Lipinski definition) is 2. The highest BCUT2D eigenvalue weighted by atomic mass is 16.5. The number of benzene rings is 3. The summed E-state index contributed by atoms with van der Waals surface area (Å²) in [5, 5.41) is 0. The molecule has 0 atom stereocenters. The molecule has 2 nitrogen and oxygen atoms in total. The third-order valence-electron chi connectivity index (χ3n) is 5.61. The first kappa shape index (κ1) is 20.7. The van der Waals surface area contributed by atoms with Crippen molar-refractivity contribution >= 4 is 5.97 Å². The van der Waals surface area contributed by atoms with E-state index in [0.717, 1.165) is 23.6 Å². The average Bonchev–Trinajstić information content (AvgIpc) is 3.15. The zero-order valence-electron chi connectivity index (χ0n) is 17.9. The maximum atomic E-state index is 11.3. The number of rotatable bonds is 6. The zero-order chi connectivity index (χ0) is 21.6. The molecular formula is C29H26O2. The summed E-state index contributed by atoms with van der Waals surface area (Å²) >= 11 is 0. The van der Waals surface area contributed by atoms with Crippen LogP contribution in [0, 0.1) is 11.8 Å². The van der Waals surface area contributed by atoms with Gasteiger partial charge in [-0.05, 0) is 83.5 Å². The Labute approximate surface area is 184 Å². The van der Waals surface area contributed by atoms with Gasteiger partial charge in [-0.25, -0.2) is 4.79 Å². The Bertz CT molecular complexity index is 1170. The average molecular weight is 407 g/mol. The van der Waals surface area contributed by atoms with Crippen LogP contribution in [0.3, 0.4) is 0 Å². The normalized spacial score (nSPS) is 11.1. The molecule has 0 spiro atoms. The number of fused-ring (bicyclic) bond motifs is 3. The second kappa shape index (κ2) is 9.49. The molecule has 0 radical (unpaired) electrons. The van der Waals surface area contributed by atoms with Crippen LogP contribution in [-0.4, -0.2) is 5.97 Å². The fourth-order valence-corrected chi connectivity index (χ4v) is 3.98. The first-order chi connectivity index (χ1) is 15.2. The van der Waals surface area contributed by atoms with Gasteiger partial charge in [0.25, 0.3) is 0 Å². The van der Waals surface area contributed by atoms with Crippen LogP contribution in [-0.2, 0) is 17.6 Å². The first-order valence-corrected chi connectivity index (χ1v) is 10.9. The second-order valence-corrected chi connectivity index (χ2v) is 7.90. The molecule has 2 heteroatoms. The van der Waals surface area contributed by atoms with E-state index in [1.165, 1.54) is 53.5 Å². The zero-order valence-corrected chi connectivity index (χ0v) is 17.9. The number of ether oxygens (including phenoxy) is 1. The molecule has 1 aliphatic carbocycles. The van der Waals surface area contributed by atoms with E-state index in [4.69, 9.17) is 4.74 Å². The molecule has 0 amide bonds. The molecule has 0 saturated heterocycles. The first-order valence-electron chi connectivity index (χ1n) is 10.9. The van der Waals surface area contributed by atoms with Crippen molar-refractivity contribution in [3.63, 3.8) is 0 Å². The summed E-state index contributed by atoms with van der Waals surface area (Å²) in [5.74, 6) is 6.47. The van der Waals surface area contributed by atoms with Crippen LogP contribution < -0.4 is 4.74 Å². The SMILES string of the molecule is C=CC(=O)Oc1ccc(C#Cc2ccc3c(c2)Cc2cc(CCCCC)ccc2-3)cc1. The lowest BCUT2D eigenvalue weighted by Crippen LogP contribution is -2.02. The molecule has 0 aromatic heterocycles. The van der Waals surface area contributed by atoms with E-state index in [9.17, 15) is 4.79 Å². The predicted molar refractivity (Wildman–Crippen MR) is 126 cm³/mol. The van der Waals surface area contributed by atoms with Gasteiger partial charge < -0.3 is 4.74 Å². The Kier molecular flexibility index (Phi) is 6.34. The summed E-state index contributed by atoms with van der Waals surface area (Å²) in [5.41, 5.74) is 8.79. The van der Waals surface area contributed by atoms with Crippen LogP contribution >= 0.6 is 0 Å². The van der Waals surface area contributed by atoms with Crippen molar-refractivity contribution in [3.05, 3.63) is 101 Å². The molecule has 3 aromatic carbocycles. The van der Waals surface area contributed by atoms with Gasteiger partial charge in [0.15, 0.2) is 0 Å². The molecule has 0 aliphatic heterocycles. The van der Waals surface area contributed by atoms with E-state index in [2.05, 4.69) is 61.7 Å². The lowest BCUT2D eigenvalue weighted by atomic mass is 10.00. The van der Waals surface area contributed by atoms with Crippen LogP contribution in [0.5, 0.6) is 5.75 Å². The van der Waals surface area contributed by atoms with Crippen LogP contribution in [0.25, 0.3) is 11.1 Å². The topological polar surface area (TPSA) is 26.3 Å². The molecule has 0 heterocycles. The largest absolute Gasteiger partial charge is 0.423 e. The molecule has 1 aliphatic rings. The van der Waals surface area contributed by atoms with Gasteiger partial charge in [0.05, 0.1) is 0 Å². The van der Waals surface area contributed by atoms with E-state index in [1.807, 2.05) is 12.1 Å². The Hall–Kier alpha value is -3.57. The number of hydrogen-bond donors (Lipinski definition) is 0. The van der Waals surface area contributed by atoms with Gasteiger partial charge in [-0.2, -0.15) is 0 Å². The fourth-order valence-electron chi connectivity index (χ4n) is 3.98. The minimum atomic E-state index is -0.467. The van der Waals surface area contributed by atoms with Gasteiger partial charge in [0, 0.05) is 17.2 Å². The molecule has 0 fully saturated rings. The highest BCUT2D eigenvalue weighted by Crippen LogP contribution is 2.37. The lowest BCUT2D eigenvalue weighted by Gasteiger charge is -2.05. The minimum Gasteiger partial charge on any atom is -0.423 e. The van der Waals surface area contributed by atoms with Gasteiger partial charge in [0.2, 0.25) is 0 Å². The summed E-state index contributed by atoms with van der Waals surface area (Å²) < 4.78 is 5.09. The van der Waals surface area contributed by atoms with Gasteiger partial charge in [0.1, 0.15) is 5.75 Å². The summed E-state index contributed by atoms with van der Waals surface area (Å²) in [6.07, 6.45) is 7.10. The van der Waals surface area contributed by atoms with Crippen LogP contribution in [0.1, 0.15) is 54.0 Å². The summed E-state index contributed by atoms with van der Waals surface area (Å²) in [6.45, 7) is 5.64. The fraction of sp³-hybridized carbons (Fsp3) is 0.207. The predicted octanol–water partition coefficient (Wildman–Crippen LogP) is 6.48. The highest BCUT2D eigenvalue weighted by molar-refractivity contribution is 5.83. The molecular weight excluding hydrogens is 380 g/mol. The van der Waals surface area contributed by atoms with E-state index < -0.39 is 5.97 Å². The Morgan fingerprint density at radius 3 is 2.35 bits per heavy atom. The van der Waals surface area contributed by atoms with Crippen molar-refractivity contribution in [3.8, 4) is 28.7 Å². The molecule has 31 heavy (non-hydrogen) atoms. The molecule has 154 valence electrons. The van der Waals surface area contributed by atoms with E-state index in [0.29, 0.717) is 5.75 Å². The smallest absolute Gasteiger partial charge is 0.335 e. The van der Waals surface area contributed by atoms with Crippen LogP contribution in [0.2, 0.25) is 0 Å². The van der Waals surface area contributed by atoms with E-state index in [1.54, 1.807) is 12.1 Å². The minimum absolute atomic E-state index is 0.467. The van der Waals surface area contributed by atoms with Crippen molar-refractivity contribution in [2.24, 2.45) is 0 Å².